The number of hydrogen-bond donors (Lipinski definition) is 3. The summed E-state index contributed by atoms with van der Waals surface area (Å²) in [7, 11) is 1.64. The molecule has 8 heteroatoms. The van der Waals surface area contributed by atoms with Crippen molar-refractivity contribution in [3.8, 4) is 0 Å². The molecule has 0 saturated carbocycles. The number of rotatable bonds is 5. The molecule has 0 bridgehead atoms. The molecule has 1 aromatic heterocycles. The first-order valence-electron chi connectivity index (χ1n) is 9.16. The van der Waals surface area contributed by atoms with Crippen LogP contribution in [0.1, 0.15) is 19.4 Å². The lowest BCUT2D eigenvalue weighted by Gasteiger charge is -2.36. The van der Waals surface area contributed by atoms with Gasteiger partial charge in [0.05, 0.1) is 0 Å². The van der Waals surface area contributed by atoms with Crippen LogP contribution in [0.5, 0.6) is 0 Å². The van der Waals surface area contributed by atoms with Gasteiger partial charge in [-0.1, -0.05) is 12.1 Å². The van der Waals surface area contributed by atoms with Crippen molar-refractivity contribution in [2.45, 2.75) is 31.8 Å². The van der Waals surface area contributed by atoms with Crippen LogP contribution in [-0.4, -0.2) is 45.4 Å². The van der Waals surface area contributed by atoms with Crippen molar-refractivity contribution in [2.24, 2.45) is 5.73 Å². The summed E-state index contributed by atoms with van der Waals surface area (Å²) in [6.07, 6.45) is 1.37. The molecule has 152 valence electrons. The first-order valence-corrected chi connectivity index (χ1v) is 9.16. The topological polar surface area (TPSA) is 109 Å². The lowest BCUT2D eigenvalue weighted by atomic mass is 9.85. The van der Waals surface area contributed by atoms with E-state index >= 15 is 0 Å². The third-order valence-corrected chi connectivity index (χ3v) is 5.16. The zero-order chi connectivity index (χ0) is 21.3. The van der Waals surface area contributed by atoms with E-state index in [1.54, 1.807) is 19.2 Å². The highest BCUT2D eigenvalue weighted by Crippen LogP contribution is 2.25. The van der Waals surface area contributed by atoms with Gasteiger partial charge in [-0.2, -0.15) is 0 Å². The third kappa shape index (κ3) is 3.53. The summed E-state index contributed by atoms with van der Waals surface area (Å²) in [5.74, 6) is -2.06. The number of aliphatic hydroxyl groups excluding tert-OH is 1. The number of amides is 2. The summed E-state index contributed by atoms with van der Waals surface area (Å²) >= 11 is 0. The van der Waals surface area contributed by atoms with Crippen LogP contribution in [0.25, 0.3) is 11.5 Å². The van der Waals surface area contributed by atoms with Gasteiger partial charge in [-0.3, -0.25) is 14.6 Å². The number of carbonyl (C=O) groups is 2. The highest BCUT2D eigenvalue weighted by atomic mass is 19.1. The van der Waals surface area contributed by atoms with Gasteiger partial charge in [-0.05, 0) is 43.7 Å². The Kier molecular flexibility index (Phi) is 5.28. The number of fused-ring (bicyclic) bond motifs is 1. The number of nitrogens with zero attached hydrogens (tertiary/aromatic N) is 2. The average molecular weight is 398 g/mol. The normalized spacial score (nSPS) is 18.2. The van der Waals surface area contributed by atoms with Crippen LogP contribution in [0.3, 0.4) is 0 Å². The first kappa shape index (κ1) is 20.3. The number of likely N-dealkylation sites (N-methyl/N-ethyl adjacent to an activating group) is 1. The molecule has 0 radical (unpaired) electrons. The van der Waals surface area contributed by atoms with E-state index in [1.807, 2.05) is 13.8 Å². The minimum Gasteiger partial charge on any atom is -0.507 e. The number of hydrogen-bond acceptors (Lipinski definition) is 5. The number of nitrogens with two attached hydrogens (primary N) is 1. The van der Waals surface area contributed by atoms with E-state index in [0.717, 1.165) is 0 Å². The highest BCUT2D eigenvalue weighted by Gasteiger charge is 2.46. The van der Waals surface area contributed by atoms with Gasteiger partial charge in [-0.15, -0.1) is 0 Å². The van der Waals surface area contributed by atoms with Crippen LogP contribution in [0.15, 0.2) is 42.6 Å². The Balaban J connectivity index is 2.23. The second kappa shape index (κ2) is 7.54. The predicted octanol–water partition coefficient (Wildman–Crippen LogP) is -0.0681. The minimum absolute atomic E-state index is 0.0906. The number of halogens is 1. The van der Waals surface area contributed by atoms with Crippen LogP contribution >= 0.6 is 0 Å². The Morgan fingerprint density at radius 2 is 1.93 bits per heavy atom. The van der Waals surface area contributed by atoms with E-state index < -0.39 is 17.3 Å². The van der Waals surface area contributed by atoms with Gasteiger partial charge in [-0.25, -0.2) is 4.39 Å². The maximum absolute atomic E-state index is 13.3. The number of nitrogens with one attached hydrogen (secondary N) is 1. The van der Waals surface area contributed by atoms with E-state index in [1.165, 1.54) is 35.4 Å². The molecule has 0 saturated heterocycles. The molecular weight excluding hydrogens is 375 g/mol. The summed E-state index contributed by atoms with van der Waals surface area (Å²) in [5.41, 5.74) is 4.56. The maximum atomic E-state index is 13.3. The van der Waals surface area contributed by atoms with Gasteiger partial charge in [0.1, 0.15) is 16.9 Å². The minimum atomic E-state index is -1.80. The van der Waals surface area contributed by atoms with Gasteiger partial charge in [0.25, 0.3) is 11.8 Å². The van der Waals surface area contributed by atoms with Crippen LogP contribution in [0.2, 0.25) is 0 Å². The molecule has 0 fully saturated rings. The van der Waals surface area contributed by atoms with Gasteiger partial charge in [0.2, 0.25) is 0 Å². The number of pyridine rings is 1. The van der Waals surface area contributed by atoms with Crippen LogP contribution in [-0.2, 0) is 16.0 Å². The smallest absolute Gasteiger partial charge is 0.270 e. The molecular formula is C21H23FN4O3. The molecule has 1 aromatic carbocycles. The second-order valence-corrected chi connectivity index (χ2v) is 7.33. The maximum Gasteiger partial charge on any atom is 0.270 e. The van der Waals surface area contributed by atoms with E-state index in [9.17, 15) is 19.1 Å². The van der Waals surface area contributed by atoms with E-state index in [4.69, 9.17) is 5.73 Å². The van der Waals surface area contributed by atoms with Crippen molar-refractivity contribution >= 4 is 23.3 Å². The molecule has 0 aliphatic carbocycles. The first-order chi connectivity index (χ1) is 13.7. The largest absolute Gasteiger partial charge is 0.507 e. The SMILES string of the molecule is CC(C)N(C)C(=O)C1=c2cccnc2=C(O)C(Cc2ccc(F)cc2)(C(N)=O)N1. The van der Waals surface area contributed by atoms with Gasteiger partial charge < -0.3 is 21.1 Å². The van der Waals surface area contributed by atoms with Crippen molar-refractivity contribution in [2.75, 3.05) is 7.05 Å². The standard InChI is InChI=1S/C21H23FN4O3/c1-12(2)26(3)19(28)17-15-5-4-10-24-16(15)18(27)21(25-17,20(23)29)11-13-6-8-14(22)9-7-13/h4-10,12,25,27H,11H2,1-3H3,(H2,23,29). The average Bonchev–Trinajstić information content (AvgIpc) is 2.70. The predicted molar refractivity (Wildman–Crippen MR) is 106 cm³/mol. The summed E-state index contributed by atoms with van der Waals surface area (Å²) in [6.45, 7) is 3.71. The molecule has 3 rings (SSSR count). The number of aliphatic hydroxyl groups is 1. The van der Waals surface area contributed by atoms with Crippen LogP contribution in [0.4, 0.5) is 4.39 Å². The van der Waals surface area contributed by atoms with E-state index in [2.05, 4.69) is 10.3 Å². The molecule has 1 aliphatic heterocycles. The molecule has 1 unspecified atom stereocenters. The molecule has 4 N–H and O–H groups in total. The Morgan fingerprint density at radius 3 is 2.52 bits per heavy atom. The lowest BCUT2D eigenvalue weighted by Crippen LogP contribution is -2.65. The van der Waals surface area contributed by atoms with E-state index in [-0.39, 0.29) is 35.2 Å². The summed E-state index contributed by atoms with van der Waals surface area (Å²) in [5, 5.41) is 14.4. The Hall–Kier alpha value is -3.42. The monoisotopic (exact) mass is 398 g/mol. The number of aromatic nitrogens is 1. The summed E-state index contributed by atoms with van der Waals surface area (Å²) in [6, 6.07) is 8.65. The molecule has 2 amide bonds. The quantitative estimate of drug-likeness (QED) is 0.654. The van der Waals surface area contributed by atoms with Crippen LogP contribution < -0.4 is 21.6 Å². The molecule has 1 aliphatic rings. The number of benzene rings is 1. The molecule has 2 aromatic rings. The van der Waals surface area contributed by atoms with E-state index in [0.29, 0.717) is 10.8 Å². The molecule has 0 spiro atoms. The van der Waals surface area contributed by atoms with Gasteiger partial charge >= 0.3 is 0 Å². The Labute approximate surface area is 167 Å². The lowest BCUT2D eigenvalue weighted by molar-refractivity contribution is -0.126. The zero-order valence-electron chi connectivity index (χ0n) is 16.4. The summed E-state index contributed by atoms with van der Waals surface area (Å²) < 4.78 is 13.3. The number of primary amides is 1. The molecule has 7 nitrogen and oxygen atoms in total. The van der Waals surface area contributed by atoms with Crippen molar-refractivity contribution in [1.82, 2.24) is 15.2 Å². The highest BCUT2D eigenvalue weighted by molar-refractivity contribution is 6.15. The van der Waals surface area contributed by atoms with Gasteiger partial charge in [0, 0.05) is 30.9 Å². The third-order valence-electron chi connectivity index (χ3n) is 5.16. The fraction of sp³-hybridized carbons (Fsp3) is 0.286. The van der Waals surface area contributed by atoms with Crippen LogP contribution in [0, 0.1) is 5.82 Å². The summed E-state index contributed by atoms with van der Waals surface area (Å²) in [4.78, 5) is 31.4. The van der Waals surface area contributed by atoms with Crippen molar-refractivity contribution in [3.05, 3.63) is 64.5 Å². The fourth-order valence-electron chi connectivity index (χ4n) is 3.22. The molecule has 1 atom stereocenters. The zero-order valence-corrected chi connectivity index (χ0v) is 16.4. The van der Waals surface area contributed by atoms with Gasteiger partial charge in [0.15, 0.2) is 11.3 Å². The fourth-order valence-corrected chi connectivity index (χ4v) is 3.22. The molecule has 29 heavy (non-hydrogen) atoms. The Bertz CT molecular complexity index is 1080. The Morgan fingerprint density at radius 1 is 1.28 bits per heavy atom. The number of carbonyl (C=O) groups excluding carboxylic acids is 2. The molecule has 2 heterocycles. The van der Waals surface area contributed by atoms with Crippen molar-refractivity contribution in [3.63, 3.8) is 0 Å². The second-order valence-electron chi connectivity index (χ2n) is 7.33. The van der Waals surface area contributed by atoms with Crippen molar-refractivity contribution < 1.29 is 19.1 Å². The van der Waals surface area contributed by atoms with Crippen molar-refractivity contribution in [1.29, 1.82) is 0 Å².